The topological polar surface area (TPSA) is 89.3 Å². The average Bonchev–Trinajstić information content (AvgIpc) is 2.67. The molecule has 0 saturated heterocycles. The quantitative estimate of drug-likeness (QED) is 0.522. The predicted molar refractivity (Wildman–Crippen MR) is 117 cm³/mol. The van der Waals surface area contributed by atoms with Crippen molar-refractivity contribution in [3.63, 3.8) is 0 Å². The van der Waals surface area contributed by atoms with E-state index in [1.807, 2.05) is 19.1 Å². The molecule has 0 atom stereocenters. The molecule has 1 heterocycles. The fourth-order valence-corrected chi connectivity index (χ4v) is 5.21. The molecule has 0 unspecified atom stereocenters. The Labute approximate surface area is 174 Å². The van der Waals surface area contributed by atoms with Crippen LogP contribution in [-0.2, 0) is 10.0 Å². The Hall–Kier alpha value is -3.45. The lowest BCUT2D eigenvalue weighted by Crippen LogP contribution is -2.16. The number of hydrogen-bond donors (Lipinski definition) is 1. The number of fused-ring (bicyclic) bond motifs is 1. The third-order valence-electron chi connectivity index (χ3n) is 4.81. The average molecular weight is 420 g/mol. The maximum absolute atomic E-state index is 13.2. The minimum absolute atomic E-state index is 0.0503. The van der Waals surface area contributed by atoms with Crippen molar-refractivity contribution in [1.29, 1.82) is 0 Å². The van der Waals surface area contributed by atoms with Gasteiger partial charge in [-0.25, -0.2) is 18.2 Å². The molecule has 152 valence electrons. The first-order chi connectivity index (χ1) is 14.3. The van der Waals surface area contributed by atoms with Crippen LogP contribution in [0.4, 0.5) is 5.69 Å². The fraction of sp³-hybridized carbons (Fsp3) is 0.130. The van der Waals surface area contributed by atoms with Gasteiger partial charge in [-0.1, -0.05) is 42.0 Å². The summed E-state index contributed by atoms with van der Waals surface area (Å²) in [5.74, 6) is 0.0503. The minimum Gasteiger partial charge on any atom is -0.403 e. The zero-order chi connectivity index (χ0) is 21.5. The van der Waals surface area contributed by atoms with E-state index in [-0.39, 0.29) is 16.5 Å². The summed E-state index contributed by atoms with van der Waals surface area (Å²) in [6, 6.07) is 17.2. The molecule has 30 heavy (non-hydrogen) atoms. The Morgan fingerprint density at radius 2 is 1.53 bits per heavy atom. The Morgan fingerprint density at radius 1 is 0.900 bits per heavy atom. The molecule has 0 spiro atoms. The van der Waals surface area contributed by atoms with Crippen LogP contribution in [0, 0.1) is 20.8 Å². The molecule has 0 aliphatic heterocycles. The van der Waals surface area contributed by atoms with Gasteiger partial charge in [0.2, 0.25) is 5.89 Å². The highest BCUT2D eigenvalue weighted by atomic mass is 32.2. The summed E-state index contributed by atoms with van der Waals surface area (Å²) in [4.78, 5) is 17.0. The monoisotopic (exact) mass is 420 g/mol. The molecule has 0 saturated carbocycles. The number of hydrogen-bond acceptors (Lipinski definition) is 5. The summed E-state index contributed by atoms with van der Waals surface area (Å²) in [6.07, 6.45) is 0. The van der Waals surface area contributed by atoms with Crippen LogP contribution in [0.3, 0.4) is 0 Å². The Morgan fingerprint density at radius 3 is 2.27 bits per heavy atom. The van der Waals surface area contributed by atoms with Crippen LogP contribution < -0.4 is 10.3 Å². The Bertz CT molecular complexity index is 1420. The molecule has 3 aromatic carbocycles. The molecule has 0 fully saturated rings. The molecule has 4 rings (SSSR count). The number of nitrogens with one attached hydrogen (secondary N) is 1. The highest BCUT2D eigenvalue weighted by Crippen LogP contribution is 2.30. The number of aromatic nitrogens is 1. The van der Waals surface area contributed by atoms with Crippen molar-refractivity contribution in [2.24, 2.45) is 0 Å². The van der Waals surface area contributed by atoms with Crippen LogP contribution in [0.1, 0.15) is 16.7 Å². The molecule has 0 aliphatic rings. The van der Waals surface area contributed by atoms with Gasteiger partial charge in [0.15, 0.2) is 0 Å². The van der Waals surface area contributed by atoms with Gasteiger partial charge in [-0.15, -0.1) is 0 Å². The second kappa shape index (κ2) is 7.42. The number of anilines is 1. The van der Waals surface area contributed by atoms with Crippen LogP contribution in [0.5, 0.6) is 0 Å². The van der Waals surface area contributed by atoms with Gasteiger partial charge in [0, 0.05) is 0 Å². The first kappa shape index (κ1) is 19.8. The SMILES string of the molecule is Cc1cc(C)c(S(=O)(=O)Nc2ccccc2-c2nc3ccccc3c(=O)o2)c(C)c1. The van der Waals surface area contributed by atoms with Crippen molar-refractivity contribution in [3.05, 3.63) is 87.8 Å². The summed E-state index contributed by atoms with van der Waals surface area (Å²) >= 11 is 0. The van der Waals surface area contributed by atoms with Crippen LogP contribution >= 0.6 is 0 Å². The predicted octanol–water partition coefficient (Wildman–Crippen LogP) is 4.58. The molecule has 1 aromatic heterocycles. The number of sulfonamides is 1. The van der Waals surface area contributed by atoms with E-state index in [0.29, 0.717) is 27.6 Å². The van der Waals surface area contributed by atoms with E-state index in [0.717, 1.165) is 5.56 Å². The van der Waals surface area contributed by atoms with E-state index in [1.54, 1.807) is 62.4 Å². The summed E-state index contributed by atoms with van der Waals surface area (Å²) in [5.41, 5.74) is 2.92. The summed E-state index contributed by atoms with van der Waals surface area (Å²) in [7, 11) is -3.87. The first-order valence-corrected chi connectivity index (χ1v) is 10.8. The summed E-state index contributed by atoms with van der Waals surface area (Å²) in [6.45, 7) is 5.46. The van der Waals surface area contributed by atoms with Crippen molar-refractivity contribution in [1.82, 2.24) is 4.98 Å². The largest absolute Gasteiger partial charge is 0.403 e. The number of nitrogens with zero attached hydrogens (tertiary/aromatic N) is 1. The van der Waals surface area contributed by atoms with Crippen LogP contribution in [0.15, 0.2) is 74.8 Å². The summed E-state index contributed by atoms with van der Waals surface area (Å²) < 4.78 is 34.4. The Balaban J connectivity index is 1.83. The number of aryl methyl sites for hydroxylation is 3. The highest BCUT2D eigenvalue weighted by molar-refractivity contribution is 7.92. The van der Waals surface area contributed by atoms with Gasteiger partial charge >= 0.3 is 5.63 Å². The first-order valence-electron chi connectivity index (χ1n) is 9.36. The Kier molecular flexibility index (Phi) is 4.91. The zero-order valence-corrected chi connectivity index (χ0v) is 17.6. The van der Waals surface area contributed by atoms with E-state index in [9.17, 15) is 13.2 Å². The fourth-order valence-electron chi connectivity index (χ4n) is 3.68. The van der Waals surface area contributed by atoms with Gasteiger partial charge in [0.25, 0.3) is 10.0 Å². The zero-order valence-electron chi connectivity index (χ0n) is 16.8. The van der Waals surface area contributed by atoms with Crippen molar-refractivity contribution in [3.8, 4) is 11.5 Å². The standard InChI is InChI=1S/C23H20N2O4S/c1-14-12-15(2)21(16(3)13-14)30(27,28)25-20-11-7-4-8-17(20)22-24-19-10-6-5-9-18(19)23(26)29-22/h4-13,25H,1-3H3. The summed E-state index contributed by atoms with van der Waals surface area (Å²) in [5, 5.41) is 0.366. The third-order valence-corrected chi connectivity index (χ3v) is 6.48. The van der Waals surface area contributed by atoms with E-state index in [2.05, 4.69) is 9.71 Å². The van der Waals surface area contributed by atoms with E-state index in [1.165, 1.54) is 0 Å². The number of benzene rings is 3. The van der Waals surface area contributed by atoms with E-state index >= 15 is 0 Å². The van der Waals surface area contributed by atoms with Gasteiger partial charge in [-0.3, -0.25) is 4.72 Å². The van der Waals surface area contributed by atoms with E-state index < -0.39 is 15.6 Å². The molecule has 6 nitrogen and oxygen atoms in total. The van der Waals surface area contributed by atoms with Gasteiger partial charge in [-0.2, -0.15) is 0 Å². The molecule has 0 bridgehead atoms. The molecule has 0 amide bonds. The maximum atomic E-state index is 13.2. The van der Waals surface area contributed by atoms with Gasteiger partial charge in [0.1, 0.15) is 0 Å². The minimum atomic E-state index is -3.87. The van der Waals surface area contributed by atoms with Crippen LogP contribution in [0.25, 0.3) is 22.4 Å². The van der Waals surface area contributed by atoms with Gasteiger partial charge < -0.3 is 4.42 Å². The lowest BCUT2D eigenvalue weighted by atomic mass is 10.1. The van der Waals surface area contributed by atoms with Gasteiger partial charge in [0.05, 0.1) is 27.0 Å². The second-order valence-electron chi connectivity index (χ2n) is 7.20. The van der Waals surface area contributed by atoms with Crippen LogP contribution in [-0.4, -0.2) is 13.4 Å². The van der Waals surface area contributed by atoms with E-state index in [4.69, 9.17) is 4.42 Å². The van der Waals surface area contributed by atoms with Crippen LogP contribution in [0.2, 0.25) is 0 Å². The third kappa shape index (κ3) is 3.59. The molecular formula is C23H20N2O4S. The normalized spacial score (nSPS) is 11.6. The van der Waals surface area contributed by atoms with Gasteiger partial charge in [-0.05, 0) is 56.2 Å². The second-order valence-corrected chi connectivity index (χ2v) is 8.82. The van der Waals surface area contributed by atoms with Crippen molar-refractivity contribution >= 4 is 26.6 Å². The number of rotatable bonds is 4. The lowest BCUT2D eigenvalue weighted by Gasteiger charge is -2.15. The molecular weight excluding hydrogens is 400 g/mol. The highest BCUT2D eigenvalue weighted by Gasteiger charge is 2.22. The lowest BCUT2D eigenvalue weighted by molar-refractivity contribution is 0.518. The van der Waals surface area contributed by atoms with Crippen molar-refractivity contribution < 1.29 is 12.8 Å². The van der Waals surface area contributed by atoms with Crippen molar-refractivity contribution in [2.75, 3.05) is 4.72 Å². The van der Waals surface area contributed by atoms with Crippen molar-refractivity contribution in [2.45, 2.75) is 25.7 Å². The molecule has 0 aliphatic carbocycles. The molecule has 7 heteroatoms. The number of para-hydroxylation sites is 2. The molecule has 0 radical (unpaired) electrons. The molecule has 4 aromatic rings. The smallest absolute Gasteiger partial charge is 0.347 e. The molecule has 1 N–H and O–H groups in total. The maximum Gasteiger partial charge on any atom is 0.347 e.